The first-order valence-corrected chi connectivity index (χ1v) is 6.38. The zero-order valence-electron chi connectivity index (χ0n) is 9.64. The van der Waals surface area contributed by atoms with Gasteiger partial charge in [0, 0.05) is 29.9 Å². The maximum absolute atomic E-state index is 11.3. The highest BCUT2D eigenvalue weighted by Gasteiger charge is 2.05. The zero-order valence-corrected chi connectivity index (χ0v) is 10.5. The summed E-state index contributed by atoms with van der Waals surface area (Å²) in [5, 5.41) is 8.89. The molecule has 3 nitrogen and oxygen atoms in total. The lowest BCUT2D eigenvalue weighted by Crippen LogP contribution is -2.03. The molecule has 0 aliphatic carbocycles. The lowest BCUT2D eigenvalue weighted by Gasteiger charge is -2.06. The second-order valence-electron chi connectivity index (χ2n) is 3.75. The van der Waals surface area contributed by atoms with Gasteiger partial charge in [-0.2, -0.15) is 0 Å². The molecule has 0 amide bonds. The Morgan fingerprint density at radius 1 is 1.56 bits per heavy atom. The molecule has 0 saturated heterocycles. The van der Waals surface area contributed by atoms with Crippen LogP contribution in [0.15, 0.2) is 23.2 Å². The largest absolute Gasteiger partial charge is 0.396 e. The molecule has 1 aromatic rings. The van der Waals surface area contributed by atoms with E-state index < -0.39 is 0 Å². The minimum absolute atomic E-state index is 0.0697. The van der Waals surface area contributed by atoms with Gasteiger partial charge in [-0.05, 0) is 18.1 Å². The Hall–Kier alpha value is -0.870. The number of carbonyl (C=O) groups excluding carboxylic acids is 1. The van der Waals surface area contributed by atoms with Gasteiger partial charge in [0.25, 0.3) is 0 Å². The summed E-state index contributed by atoms with van der Waals surface area (Å²) in [7, 11) is 0. The van der Waals surface area contributed by atoms with E-state index in [1.54, 1.807) is 24.0 Å². The van der Waals surface area contributed by atoms with Crippen LogP contribution in [0.1, 0.15) is 30.8 Å². The summed E-state index contributed by atoms with van der Waals surface area (Å²) >= 11 is 1.65. The van der Waals surface area contributed by atoms with Crippen LogP contribution in [0.5, 0.6) is 0 Å². The van der Waals surface area contributed by atoms with E-state index in [0.29, 0.717) is 12.1 Å². The predicted molar refractivity (Wildman–Crippen MR) is 65.8 cm³/mol. The molecule has 88 valence electrons. The number of hydrogen-bond donors (Lipinski definition) is 1. The van der Waals surface area contributed by atoms with Crippen molar-refractivity contribution in [3.05, 3.63) is 24.0 Å². The lowest BCUT2D eigenvalue weighted by atomic mass is 10.2. The molecular weight excluding hydrogens is 222 g/mol. The highest BCUT2D eigenvalue weighted by molar-refractivity contribution is 7.99. The average molecular weight is 239 g/mol. The van der Waals surface area contributed by atoms with Gasteiger partial charge in [-0.3, -0.25) is 9.78 Å². The Morgan fingerprint density at radius 3 is 2.81 bits per heavy atom. The topological polar surface area (TPSA) is 50.2 Å². The molecule has 0 aliphatic rings. The quantitative estimate of drug-likeness (QED) is 0.611. The molecule has 0 saturated carbocycles. The molecule has 0 aromatic carbocycles. The van der Waals surface area contributed by atoms with Crippen molar-refractivity contribution in [1.29, 1.82) is 0 Å². The Morgan fingerprint density at radius 2 is 2.31 bits per heavy atom. The Labute approximate surface area is 100 Å². The number of hydrogen-bond acceptors (Lipinski definition) is 4. The molecule has 0 radical (unpaired) electrons. The Balaban J connectivity index is 2.54. The first-order chi connectivity index (χ1) is 7.67. The molecule has 1 heterocycles. The molecule has 0 spiro atoms. The number of aromatic nitrogens is 1. The molecule has 1 unspecified atom stereocenters. The molecule has 1 N–H and O–H groups in total. The van der Waals surface area contributed by atoms with Crippen molar-refractivity contribution in [3.63, 3.8) is 0 Å². The van der Waals surface area contributed by atoms with Crippen molar-refractivity contribution in [2.24, 2.45) is 5.92 Å². The molecule has 0 bridgehead atoms. The summed E-state index contributed by atoms with van der Waals surface area (Å²) in [5.41, 5.74) is 0.530. The number of thioether (sulfide) groups is 1. The Bertz CT molecular complexity index is 337. The maximum Gasteiger partial charge on any atom is 0.180 e. The van der Waals surface area contributed by atoms with Crippen LogP contribution in [0.4, 0.5) is 0 Å². The molecule has 0 fully saturated rings. The van der Waals surface area contributed by atoms with Crippen molar-refractivity contribution >= 4 is 17.5 Å². The Kier molecular flexibility index (Phi) is 5.49. The molecule has 16 heavy (non-hydrogen) atoms. The van der Waals surface area contributed by atoms with Gasteiger partial charge in [0.1, 0.15) is 5.69 Å². The fourth-order valence-electron chi connectivity index (χ4n) is 1.10. The molecule has 1 atom stereocenters. The average Bonchev–Trinajstić information content (AvgIpc) is 2.35. The molecule has 1 rings (SSSR count). The molecule has 1 aromatic heterocycles. The molecular formula is C12H17NO2S. The van der Waals surface area contributed by atoms with Crippen LogP contribution < -0.4 is 0 Å². The number of rotatable bonds is 6. The van der Waals surface area contributed by atoms with Crippen LogP contribution >= 0.6 is 11.8 Å². The van der Waals surface area contributed by atoms with Gasteiger partial charge in [-0.15, -0.1) is 11.8 Å². The van der Waals surface area contributed by atoms with Crippen molar-refractivity contribution in [3.8, 4) is 0 Å². The van der Waals surface area contributed by atoms with Crippen LogP contribution in [0.2, 0.25) is 0 Å². The number of carbonyl (C=O) groups is 1. The van der Waals surface area contributed by atoms with E-state index in [1.807, 2.05) is 19.9 Å². The number of ketones is 1. The van der Waals surface area contributed by atoms with Crippen molar-refractivity contribution in [2.75, 3.05) is 12.4 Å². The van der Waals surface area contributed by atoms with Crippen LogP contribution in [-0.4, -0.2) is 28.2 Å². The van der Waals surface area contributed by atoms with E-state index in [-0.39, 0.29) is 18.3 Å². The monoisotopic (exact) mass is 239 g/mol. The number of aliphatic hydroxyl groups is 1. The van der Waals surface area contributed by atoms with Crippen LogP contribution in [0.3, 0.4) is 0 Å². The van der Waals surface area contributed by atoms with Gasteiger partial charge in [-0.1, -0.05) is 13.8 Å². The predicted octanol–water partition coefficient (Wildman–Crippen LogP) is 2.39. The smallest absolute Gasteiger partial charge is 0.180 e. The second kappa shape index (κ2) is 6.66. The molecule has 0 aliphatic heterocycles. The van der Waals surface area contributed by atoms with Crippen LogP contribution in [-0.2, 0) is 0 Å². The van der Waals surface area contributed by atoms with Crippen LogP contribution in [0.25, 0.3) is 0 Å². The fraction of sp³-hybridized carbons (Fsp3) is 0.500. The standard InChI is InChI=1S/C12H17NO2S/c1-3-12(15)11-5-4-10(6-13-11)16-8-9(2)7-14/h4-6,9,14H,3,7-8H2,1-2H3. The third-order valence-electron chi connectivity index (χ3n) is 2.19. The van der Waals surface area contributed by atoms with E-state index in [0.717, 1.165) is 10.6 Å². The zero-order chi connectivity index (χ0) is 12.0. The van der Waals surface area contributed by atoms with Gasteiger partial charge in [0.15, 0.2) is 5.78 Å². The summed E-state index contributed by atoms with van der Waals surface area (Å²) < 4.78 is 0. The van der Waals surface area contributed by atoms with Gasteiger partial charge in [0.05, 0.1) is 0 Å². The summed E-state index contributed by atoms with van der Waals surface area (Å²) in [6, 6.07) is 3.67. The number of aliphatic hydroxyl groups excluding tert-OH is 1. The summed E-state index contributed by atoms with van der Waals surface area (Å²) in [4.78, 5) is 16.5. The third kappa shape index (κ3) is 3.94. The van der Waals surface area contributed by atoms with E-state index in [2.05, 4.69) is 4.98 Å². The van der Waals surface area contributed by atoms with E-state index in [1.165, 1.54) is 0 Å². The van der Waals surface area contributed by atoms with Crippen LogP contribution in [0, 0.1) is 5.92 Å². The second-order valence-corrected chi connectivity index (χ2v) is 4.85. The highest BCUT2D eigenvalue weighted by atomic mass is 32.2. The van der Waals surface area contributed by atoms with E-state index in [4.69, 9.17) is 5.11 Å². The third-order valence-corrected chi connectivity index (χ3v) is 3.50. The van der Waals surface area contributed by atoms with E-state index in [9.17, 15) is 4.79 Å². The summed E-state index contributed by atoms with van der Waals surface area (Å²) in [5.74, 6) is 1.21. The van der Waals surface area contributed by atoms with E-state index >= 15 is 0 Å². The highest BCUT2D eigenvalue weighted by Crippen LogP contribution is 2.19. The van der Waals surface area contributed by atoms with Gasteiger partial charge < -0.3 is 5.11 Å². The number of nitrogens with zero attached hydrogens (tertiary/aromatic N) is 1. The number of pyridine rings is 1. The van der Waals surface area contributed by atoms with Crippen molar-refractivity contribution in [1.82, 2.24) is 4.98 Å². The SMILES string of the molecule is CCC(=O)c1ccc(SCC(C)CO)cn1. The first-order valence-electron chi connectivity index (χ1n) is 5.40. The summed E-state index contributed by atoms with van der Waals surface area (Å²) in [6.07, 6.45) is 2.21. The minimum atomic E-state index is 0.0697. The molecule has 4 heteroatoms. The van der Waals surface area contributed by atoms with Gasteiger partial charge in [-0.25, -0.2) is 0 Å². The lowest BCUT2D eigenvalue weighted by molar-refractivity contribution is 0.0983. The normalized spacial score (nSPS) is 12.4. The van der Waals surface area contributed by atoms with Gasteiger partial charge in [0.2, 0.25) is 0 Å². The maximum atomic E-state index is 11.3. The first kappa shape index (κ1) is 13.2. The van der Waals surface area contributed by atoms with Crippen molar-refractivity contribution in [2.45, 2.75) is 25.2 Å². The minimum Gasteiger partial charge on any atom is -0.396 e. The number of Topliss-reactive ketones (excluding diaryl/α,β-unsaturated/α-hetero) is 1. The fourth-order valence-corrected chi connectivity index (χ4v) is 1.98. The van der Waals surface area contributed by atoms with Crippen molar-refractivity contribution < 1.29 is 9.90 Å². The summed E-state index contributed by atoms with van der Waals surface area (Å²) in [6.45, 7) is 4.03. The van der Waals surface area contributed by atoms with Gasteiger partial charge >= 0.3 is 0 Å².